The fraction of sp³-hybridized carbons (Fsp3) is 0.648. The summed E-state index contributed by atoms with van der Waals surface area (Å²) in [7, 11) is 1.38. The Bertz CT molecular complexity index is 2420. The van der Waals surface area contributed by atoms with Gasteiger partial charge >= 0.3 is 12.1 Å². The third-order valence-electron chi connectivity index (χ3n) is 19.0. The minimum absolute atomic E-state index is 0.00458. The Balaban J connectivity index is 0.711. The van der Waals surface area contributed by atoms with E-state index in [0.29, 0.717) is 0 Å². The molecule has 0 aromatic rings. The van der Waals surface area contributed by atoms with Crippen LogP contribution in [0.3, 0.4) is 0 Å². The number of alkyl carbamates (subject to hydrolysis) is 1. The smallest absolute Gasteiger partial charge is 0.407 e. The molecule has 6 saturated carbocycles. The van der Waals surface area contributed by atoms with E-state index in [1.807, 2.05) is 0 Å². The number of esters is 1. The first kappa shape index (κ1) is 44.7. The van der Waals surface area contributed by atoms with Crippen molar-refractivity contribution in [3.63, 3.8) is 0 Å². The van der Waals surface area contributed by atoms with Crippen LogP contribution in [0, 0.1) is 107 Å². The highest BCUT2D eigenvalue weighted by molar-refractivity contribution is 5.89. The number of hydrogen-bond donors (Lipinski definition) is 6. The Morgan fingerprint density at radius 2 is 0.565 bits per heavy atom. The minimum Gasteiger partial charge on any atom is -0.469 e. The summed E-state index contributed by atoms with van der Waals surface area (Å²) < 4.78 is 10.7. The maximum Gasteiger partial charge on any atom is 0.407 e. The topological polar surface area (TPSA) is 210 Å². The van der Waals surface area contributed by atoms with Crippen molar-refractivity contribution in [2.75, 3.05) is 7.11 Å². The predicted molar refractivity (Wildman–Crippen MR) is 250 cm³/mol. The molecule has 24 atom stereocenters. The Morgan fingerprint density at radius 3 is 0.812 bits per heavy atom. The van der Waals surface area contributed by atoms with Gasteiger partial charge in [0, 0.05) is 30.2 Å². The fourth-order valence-electron chi connectivity index (χ4n) is 16.1. The lowest BCUT2D eigenvalue weighted by atomic mass is 9.82. The average molecular weight is 943 g/mol. The fourth-order valence-corrected chi connectivity index (χ4v) is 16.1. The van der Waals surface area contributed by atoms with Crippen molar-refractivity contribution < 1.29 is 43.0 Å². The number of ether oxygens (including phenoxy) is 2. The Labute approximate surface area is 403 Å². The molecule has 0 aromatic heterocycles. The quantitative estimate of drug-likeness (QED) is 0.125. The van der Waals surface area contributed by atoms with Crippen molar-refractivity contribution in [3.8, 4) is 0 Å². The average Bonchev–Trinajstić information content (AvgIpc) is 4.15. The molecule has 12 bridgehead atoms. The normalized spacial score (nSPS) is 46.3. The van der Waals surface area contributed by atoms with Crippen molar-refractivity contribution in [2.45, 2.75) is 101 Å². The number of amides is 6. The maximum atomic E-state index is 14.7. The van der Waals surface area contributed by atoms with E-state index in [1.54, 1.807) is 20.8 Å². The molecule has 0 unspecified atom stereocenters. The summed E-state index contributed by atoms with van der Waals surface area (Å²) in [6, 6.07) is -2.50. The summed E-state index contributed by atoms with van der Waals surface area (Å²) in [5, 5.41) is 19.6. The molecule has 6 N–H and O–H groups in total. The molecule has 15 heteroatoms. The highest BCUT2D eigenvalue weighted by Crippen LogP contribution is 2.51. The molecule has 12 aliphatic rings. The third-order valence-corrected chi connectivity index (χ3v) is 19.0. The van der Waals surface area contributed by atoms with E-state index in [2.05, 4.69) is 105 Å². The maximum absolute atomic E-state index is 14.7. The summed E-state index contributed by atoms with van der Waals surface area (Å²) in [5.74, 6) is -4.28. The van der Waals surface area contributed by atoms with Gasteiger partial charge in [-0.15, -0.1) is 0 Å². The zero-order chi connectivity index (χ0) is 47.8. The van der Waals surface area contributed by atoms with Gasteiger partial charge in [-0.1, -0.05) is 72.9 Å². The van der Waals surface area contributed by atoms with Gasteiger partial charge in [0.05, 0.1) is 48.7 Å². The molecule has 0 heterocycles. The van der Waals surface area contributed by atoms with E-state index in [1.165, 1.54) is 7.11 Å². The second kappa shape index (κ2) is 16.6. The second-order valence-corrected chi connectivity index (χ2v) is 23.7. The van der Waals surface area contributed by atoms with Gasteiger partial charge in [0.25, 0.3) is 0 Å². The van der Waals surface area contributed by atoms with Gasteiger partial charge in [-0.05, 0) is 130 Å². The van der Waals surface area contributed by atoms with Gasteiger partial charge in [-0.25, -0.2) is 4.79 Å². The predicted octanol–water partition coefficient (Wildman–Crippen LogP) is 3.41. The molecule has 0 saturated heterocycles. The standard InChI is InChI=1S/C54H66N6O9/c1-54(2,3)69-53(67)60-45-33-15-9-27(21-33)39(45)51(65)58-43-31-13-7-25(19-31)37(43)49(63)56-41-29-11-5-23(17-29)35(41)47(61)55-42-30-12-6-24(18-30)36(42)48(62)57-44-32-14-8-26(20-32)38(44)50(64)59-46-34-16-10-28(22-34)40(46)52(66)68-4/h5-16,23-46H,17-22H2,1-4H3,(H,55,61)(H,56,63)(H,57,62)(H,58,65)(H,59,64)(H,60,67)/t23-,24-,25-,26-,27-,28-,29+,30+,31+,32+,33+,34+,35+,36+,37+,38+,39+,40+,41-,42-,43-,44-,45-,46-/m1/s1. The molecule has 0 aromatic carbocycles. The van der Waals surface area contributed by atoms with Crippen molar-refractivity contribution >= 4 is 41.6 Å². The van der Waals surface area contributed by atoms with Gasteiger partial charge in [0.15, 0.2) is 0 Å². The summed E-state index contributed by atoms with van der Waals surface area (Å²) in [6.07, 6.45) is 29.1. The number of nitrogens with one attached hydrogen (secondary N) is 6. The number of methoxy groups -OCH3 is 1. The Morgan fingerprint density at radius 1 is 0.348 bits per heavy atom. The van der Waals surface area contributed by atoms with Crippen LogP contribution in [0.5, 0.6) is 0 Å². The number of hydrogen-bond acceptors (Lipinski definition) is 9. The van der Waals surface area contributed by atoms with Gasteiger partial charge in [0.1, 0.15) is 5.60 Å². The molecular weight excluding hydrogens is 877 g/mol. The van der Waals surface area contributed by atoms with Crippen LogP contribution in [0.25, 0.3) is 0 Å². The van der Waals surface area contributed by atoms with Crippen LogP contribution in [0.1, 0.15) is 59.3 Å². The number of carbonyl (C=O) groups excluding carboxylic acids is 7. The molecule has 12 rings (SSSR count). The number of fused-ring (bicyclic) bond motifs is 12. The summed E-state index contributed by atoms with van der Waals surface area (Å²) in [6.45, 7) is 5.42. The highest BCUT2D eigenvalue weighted by Gasteiger charge is 2.58. The zero-order valence-corrected chi connectivity index (χ0v) is 39.7. The molecular formula is C54H66N6O9. The molecule has 15 nitrogen and oxygen atoms in total. The summed E-state index contributed by atoms with van der Waals surface area (Å²) in [5.41, 5.74) is -0.681. The van der Waals surface area contributed by atoms with Crippen molar-refractivity contribution in [2.24, 2.45) is 107 Å². The second-order valence-electron chi connectivity index (χ2n) is 23.7. The molecule has 6 fully saturated rings. The molecule has 0 radical (unpaired) electrons. The summed E-state index contributed by atoms with van der Waals surface area (Å²) in [4.78, 5) is 98.2. The van der Waals surface area contributed by atoms with Crippen LogP contribution in [-0.2, 0) is 38.2 Å². The monoisotopic (exact) mass is 942 g/mol. The number of rotatable bonds is 12. The van der Waals surface area contributed by atoms with Gasteiger partial charge in [-0.3, -0.25) is 28.8 Å². The molecule has 0 aliphatic heterocycles. The summed E-state index contributed by atoms with van der Waals surface area (Å²) >= 11 is 0. The van der Waals surface area contributed by atoms with Crippen LogP contribution in [0.4, 0.5) is 4.79 Å². The van der Waals surface area contributed by atoms with Gasteiger partial charge in [0.2, 0.25) is 29.5 Å². The lowest BCUT2D eigenvalue weighted by Gasteiger charge is -2.36. The van der Waals surface area contributed by atoms with Crippen molar-refractivity contribution in [1.82, 2.24) is 31.9 Å². The van der Waals surface area contributed by atoms with Crippen molar-refractivity contribution in [1.29, 1.82) is 0 Å². The van der Waals surface area contributed by atoms with E-state index in [4.69, 9.17) is 9.47 Å². The first-order chi connectivity index (χ1) is 33.1. The molecule has 0 spiro atoms. The molecule has 366 valence electrons. The lowest BCUT2D eigenvalue weighted by molar-refractivity contribution is -0.147. The molecule has 69 heavy (non-hydrogen) atoms. The SMILES string of the molecule is COC(=O)[C@@H]1[C@H](NC(=O)[C@@H]2[C@H](NC(=O)[C@@H]3[C@H](NC(=O)[C@@H]4[C@H](NC(=O)[C@@H]5[C@H](NC(=O)[C@@H]6[C@H](NC(=O)OC(C)(C)C)[C@H]7C=C[C@@H]6C7)[C@H]6C=C[C@@H]5C6)[C@H]5C=C[C@@H]4C5)[C@H]4C=C[C@@H]3C4)[C@H]3C=C[C@@H]2C3)[C@H]2C=C[C@@H]1C2. The van der Waals surface area contributed by atoms with E-state index in [-0.39, 0.29) is 113 Å². The van der Waals surface area contributed by atoms with Crippen LogP contribution >= 0.6 is 0 Å². The lowest BCUT2D eigenvalue weighted by Crippen LogP contribution is -2.58. The minimum atomic E-state index is -0.681. The molecule has 12 aliphatic carbocycles. The van der Waals surface area contributed by atoms with E-state index in [9.17, 15) is 33.6 Å². The first-order valence-electron chi connectivity index (χ1n) is 25.8. The first-order valence-corrected chi connectivity index (χ1v) is 25.8. The van der Waals surface area contributed by atoms with Gasteiger partial charge in [-0.2, -0.15) is 0 Å². The highest BCUT2D eigenvalue weighted by atomic mass is 16.6. The van der Waals surface area contributed by atoms with Crippen LogP contribution < -0.4 is 31.9 Å². The van der Waals surface area contributed by atoms with E-state index < -0.39 is 77.4 Å². The van der Waals surface area contributed by atoms with Crippen LogP contribution in [0.15, 0.2) is 72.9 Å². The third kappa shape index (κ3) is 7.44. The zero-order valence-electron chi connectivity index (χ0n) is 39.7. The number of carbonyl (C=O) groups is 7. The molecule has 6 amide bonds. The van der Waals surface area contributed by atoms with E-state index in [0.717, 1.165) is 38.5 Å². The largest absolute Gasteiger partial charge is 0.469 e. The van der Waals surface area contributed by atoms with Crippen LogP contribution in [-0.4, -0.2) is 90.6 Å². The Hall–Kier alpha value is -5.47. The van der Waals surface area contributed by atoms with Crippen molar-refractivity contribution in [3.05, 3.63) is 72.9 Å². The number of allylic oxidation sites excluding steroid dienone is 6. The van der Waals surface area contributed by atoms with Gasteiger partial charge < -0.3 is 41.4 Å². The van der Waals surface area contributed by atoms with Crippen LogP contribution in [0.2, 0.25) is 0 Å². The Kier molecular flexibility index (Phi) is 10.7. The van der Waals surface area contributed by atoms with E-state index >= 15 is 0 Å².